The highest BCUT2D eigenvalue weighted by Crippen LogP contribution is 2.41. The summed E-state index contributed by atoms with van der Waals surface area (Å²) in [7, 11) is -5.60. The quantitative estimate of drug-likeness (QED) is 0.408. The summed E-state index contributed by atoms with van der Waals surface area (Å²) >= 11 is 1.13. The van der Waals surface area contributed by atoms with Crippen LogP contribution in [0.4, 0.5) is 11.4 Å². The summed E-state index contributed by atoms with van der Waals surface area (Å²) < 4.78 is 52.7. The maximum Gasteiger partial charge on any atom is 0.258 e. The molecular weight excluding hydrogens is 561 g/mol. The number of carbonyl (C=O) groups excluding carboxylic acids is 2. The Bertz CT molecular complexity index is 1640. The molecule has 1 fully saturated rings. The smallest absolute Gasteiger partial charge is 0.258 e. The van der Waals surface area contributed by atoms with Crippen LogP contribution in [0, 0.1) is 0 Å². The average Bonchev–Trinajstić information content (AvgIpc) is 3.54. The van der Waals surface area contributed by atoms with Crippen LogP contribution in [0.15, 0.2) is 52.1 Å². The molecule has 1 N–H and O–H groups in total. The highest BCUT2D eigenvalue weighted by Gasteiger charge is 2.38. The first kappa shape index (κ1) is 27.7. The molecule has 0 bridgehead atoms. The van der Waals surface area contributed by atoms with Crippen LogP contribution in [0.3, 0.4) is 0 Å². The molecule has 13 heteroatoms. The van der Waals surface area contributed by atoms with E-state index >= 15 is 0 Å². The van der Waals surface area contributed by atoms with Gasteiger partial charge in [0.25, 0.3) is 15.9 Å². The molecule has 2 amide bonds. The molecule has 1 atom stereocenters. The van der Waals surface area contributed by atoms with Gasteiger partial charge in [0.2, 0.25) is 15.9 Å². The van der Waals surface area contributed by atoms with Crippen LogP contribution >= 0.6 is 11.3 Å². The van der Waals surface area contributed by atoms with E-state index in [4.69, 9.17) is 0 Å². The summed E-state index contributed by atoms with van der Waals surface area (Å²) in [4.78, 5) is 28.4. The van der Waals surface area contributed by atoms with E-state index in [1.807, 2.05) is 6.07 Å². The lowest BCUT2D eigenvalue weighted by atomic mass is 10.0. The molecule has 5 rings (SSSR count). The van der Waals surface area contributed by atoms with Gasteiger partial charge in [-0.15, -0.1) is 11.3 Å². The van der Waals surface area contributed by atoms with Crippen molar-refractivity contribution in [1.82, 2.24) is 8.61 Å². The molecule has 0 radical (unpaired) electrons. The van der Waals surface area contributed by atoms with Crippen molar-refractivity contribution in [3.63, 3.8) is 0 Å². The van der Waals surface area contributed by atoms with Crippen LogP contribution in [-0.2, 0) is 24.8 Å². The van der Waals surface area contributed by atoms with Crippen molar-refractivity contribution in [1.29, 1.82) is 0 Å². The van der Waals surface area contributed by atoms with Crippen LogP contribution < -0.4 is 10.2 Å². The fraction of sp³-hybridized carbons (Fsp3) is 0.385. The van der Waals surface area contributed by atoms with Gasteiger partial charge in [-0.25, -0.2) is 21.1 Å². The number of nitrogens with one attached hydrogen (secondary N) is 1. The minimum absolute atomic E-state index is 0.179. The van der Waals surface area contributed by atoms with Crippen LogP contribution in [0.1, 0.15) is 36.0 Å². The van der Waals surface area contributed by atoms with E-state index in [1.165, 1.54) is 15.7 Å². The summed E-state index contributed by atoms with van der Waals surface area (Å²) in [5.41, 5.74) is 1.71. The lowest BCUT2D eigenvalue weighted by Crippen LogP contribution is -2.49. The molecule has 1 unspecified atom stereocenters. The summed E-state index contributed by atoms with van der Waals surface area (Å²) in [6.07, 6.45) is 3.46. The number of rotatable bonds is 9. The van der Waals surface area contributed by atoms with Crippen molar-refractivity contribution in [2.24, 2.45) is 0 Å². The third kappa shape index (κ3) is 5.21. The number of amides is 2. The molecule has 3 aromatic rings. The van der Waals surface area contributed by atoms with E-state index in [2.05, 4.69) is 5.32 Å². The van der Waals surface area contributed by atoms with E-state index in [-0.39, 0.29) is 23.2 Å². The monoisotopic (exact) mass is 590 g/mol. The molecule has 0 aliphatic carbocycles. The molecule has 0 saturated carbocycles. The standard InChI is InChI=1S/C26H30N4O6S3/c1-28(38(2,33)34)14-7-15-29-21-13-12-20(18-8-5-9-19(24(18)21)26(29)32)27-25(31)22-10-3-4-16-30(22)39(35,36)23-11-6-17-37-23/h5-6,8-9,11-13,17,22H,3-4,7,10,14-16H2,1-2H3,(H,27,31). The van der Waals surface area contributed by atoms with Crippen molar-refractivity contribution in [3.8, 4) is 0 Å². The van der Waals surface area contributed by atoms with E-state index in [0.29, 0.717) is 53.5 Å². The maximum absolute atomic E-state index is 13.5. The lowest BCUT2D eigenvalue weighted by molar-refractivity contribution is -0.120. The zero-order valence-electron chi connectivity index (χ0n) is 21.7. The highest BCUT2D eigenvalue weighted by atomic mass is 32.2. The molecule has 2 aliphatic rings. The summed E-state index contributed by atoms with van der Waals surface area (Å²) in [5.74, 6) is -0.581. The average molecular weight is 591 g/mol. The predicted molar refractivity (Wildman–Crippen MR) is 152 cm³/mol. The number of anilines is 2. The van der Waals surface area contributed by atoms with Gasteiger partial charge in [0, 0.05) is 48.7 Å². The number of nitrogens with zero attached hydrogens (tertiary/aromatic N) is 3. The Balaban J connectivity index is 1.39. The fourth-order valence-corrected chi connectivity index (χ4v) is 8.43. The van der Waals surface area contributed by atoms with Crippen molar-refractivity contribution >= 4 is 65.3 Å². The molecule has 208 valence electrons. The second-order valence-electron chi connectivity index (χ2n) is 9.80. The van der Waals surface area contributed by atoms with Crippen molar-refractivity contribution in [3.05, 3.63) is 53.4 Å². The lowest BCUT2D eigenvalue weighted by Gasteiger charge is -2.33. The van der Waals surface area contributed by atoms with E-state index in [9.17, 15) is 26.4 Å². The van der Waals surface area contributed by atoms with Gasteiger partial charge in [-0.3, -0.25) is 9.59 Å². The van der Waals surface area contributed by atoms with Crippen LogP contribution in [0.2, 0.25) is 0 Å². The zero-order valence-corrected chi connectivity index (χ0v) is 24.1. The maximum atomic E-state index is 13.5. The molecule has 1 aromatic heterocycles. The third-order valence-corrected chi connectivity index (χ3v) is 11.9. The molecule has 39 heavy (non-hydrogen) atoms. The largest absolute Gasteiger partial charge is 0.324 e. The third-order valence-electron chi connectivity index (χ3n) is 7.28. The molecule has 0 spiro atoms. The number of thiophene rings is 1. The molecule has 2 aliphatic heterocycles. The SMILES string of the molecule is CN(CCCN1C(=O)c2cccc3c(NC(=O)C4CCCCN4S(=O)(=O)c4cccs4)ccc1c23)S(C)(=O)=O. The fourth-order valence-electron chi connectivity index (χ4n) is 5.19. The van der Waals surface area contributed by atoms with Crippen LogP contribution in [0.25, 0.3) is 10.8 Å². The molecule has 10 nitrogen and oxygen atoms in total. The Labute approximate surface area is 232 Å². The Morgan fingerprint density at radius 3 is 2.62 bits per heavy atom. The number of hydrogen-bond acceptors (Lipinski definition) is 7. The van der Waals surface area contributed by atoms with Gasteiger partial charge in [0.1, 0.15) is 10.3 Å². The van der Waals surface area contributed by atoms with Gasteiger partial charge in [0.05, 0.1) is 11.9 Å². The van der Waals surface area contributed by atoms with Crippen LogP contribution in [-0.4, -0.2) is 76.2 Å². The van der Waals surface area contributed by atoms with Crippen LogP contribution in [0.5, 0.6) is 0 Å². The van der Waals surface area contributed by atoms with E-state index in [1.54, 1.807) is 46.7 Å². The van der Waals surface area contributed by atoms with Gasteiger partial charge >= 0.3 is 0 Å². The van der Waals surface area contributed by atoms with Gasteiger partial charge in [-0.1, -0.05) is 24.6 Å². The Hall–Kier alpha value is -2.84. The second kappa shape index (κ2) is 10.6. The van der Waals surface area contributed by atoms with Crippen molar-refractivity contribution in [2.45, 2.75) is 35.9 Å². The minimum atomic E-state index is -3.79. The molecular formula is C26H30N4O6S3. The van der Waals surface area contributed by atoms with E-state index < -0.39 is 32.0 Å². The van der Waals surface area contributed by atoms with E-state index in [0.717, 1.165) is 24.0 Å². The summed E-state index contributed by atoms with van der Waals surface area (Å²) in [6, 6.07) is 11.2. The molecule has 3 heterocycles. The minimum Gasteiger partial charge on any atom is -0.324 e. The van der Waals surface area contributed by atoms with Gasteiger partial charge in [0.15, 0.2) is 0 Å². The molecule has 1 saturated heterocycles. The first-order valence-electron chi connectivity index (χ1n) is 12.7. The highest BCUT2D eigenvalue weighted by molar-refractivity contribution is 7.91. The normalized spacial score (nSPS) is 18.3. The summed E-state index contributed by atoms with van der Waals surface area (Å²) in [6.45, 7) is 0.897. The predicted octanol–water partition coefficient (Wildman–Crippen LogP) is 3.32. The number of benzene rings is 2. The van der Waals surface area contributed by atoms with Gasteiger partial charge < -0.3 is 10.2 Å². The Morgan fingerprint density at radius 1 is 1.10 bits per heavy atom. The van der Waals surface area contributed by atoms with Gasteiger partial charge in [-0.05, 0) is 48.9 Å². The topological polar surface area (TPSA) is 124 Å². The first-order valence-corrected chi connectivity index (χ1v) is 16.8. The number of sulfonamides is 2. The number of hydrogen-bond donors (Lipinski definition) is 1. The van der Waals surface area contributed by atoms with Gasteiger partial charge in [-0.2, -0.15) is 4.31 Å². The second-order valence-corrected chi connectivity index (χ2v) is 15.0. The Kier molecular flexibility index (Phi) is 7.55. The van der Waals surface area contributed by atoms with Crippen molar-refractivity contribution < 1.29 is 26.4 Å². The zero-order chi connectivity index (χ0) is 27.9. The van der Waals surface area contributed by atoms with Crippen molar-refractivity contribution in [2.75, 3.05) is 43.2 Å². The first-order chi connectivity index (χ1) is 18.5. The number of piperidine rings is 1. The Morgan fingerprint density at radius 2 is 1.90 bits per heavy atom. The summed E-state index contributed by atoms with van der Waals surface area (Å²) in [5, 5.41) is 6.04. The molecule has 2 aromatic carbocycles. The number of carbonyl (C=O) groups is 2.